The number of aromatic nitrogens is 3. The molecule has 0 spiro atoms. The fraction of sp³-hybridized carbons (Fsp3) is 0.533. The molecule has 0 amide bonds. The summed E-state index contributed by atoms with van der Waals surface area (Å²) < 4.78 is 2.81. The van der Waals surface area contributed by atoms with Crippen molar-refractivity contribution in [3.8, 4) is 0 Å². The Hall–Kier alpha value is -0.910. The number of hydrogen-bond donors (Lipinski definition) is 3. The Morgan fingerprint density at radius 2 is 2.28 bits per heavy atom. The molecule has 3 heterocycles. The minimum absolute atomic E-state index is 0. The number of nitrogens with one attached hydrogen (secondary N) is 2. The van der Waals surface area contributed by atoms with Crippen molar-refractivity contribution in [1.82, 2.24) is 25.4 Å². The first kappa shape index (κ1) is 20.4. The van der Waals surface area contributed by atoms with Gasteiger partial charge in [0.1, 0.15) is 18.5 Å². The van der Waals surface area contributed by atoms with Crippen LogP contribution >= 0.6 is 46.9 Å². The van der Waals surface area contributed by atoms with Crippen molar-refractivity contribution in [2.24, 2.45) is 4.99 Å². The highest BCUT2D eigenvalue weighted by molar-refractivity contribution is 14.0. The summed E-state index contributed by atoms with van der Waals surface area (Å²) in [4.78, 5) is 5.37. The van der Waals surface area contributed by atoms with Crippen LogP contribution in [-0.2, 0) is 19.5 Å². The third-order valence-electron chi connectivity index (χ3n) is 3.79. The number of aryl methyl sites for hydroxylation is 1. The summed E-state index contributed by atoms with van der Waals surface area (Å²) in [7, 11) is 0. The monoisotopic (exact) mass is 496 g/mol. The Kier molecular flexibility index (Phi) is 7.91. The lowest BCUT2D eigenvalue weighted by Crippen LogP contribution is -2.39. The van der Waals surface area contributed by atoms with Gasteiger partial charge in [-0.15, -0.1) is 45.5 Å². The molecule has 0 radical (unpaired) electrons. The van der Waals surface area contributed by atoms with Gasteiger partial charge in [0, 0.05) is 30.9 Å². The van der Waals surface area contributed by atoms with Gasteiger partial charge >= 0.3 is 0 Å². The van der Waals surface area contributed by atoms with Gasteiger partial charge in [0.15, 0.2) is 11.8 Å². The second-order valence-electron chi connectivity index (χ2n) is 5.52. The first-order chi connectivity index (χ1) is 11.7. The third kappa shape index (κ3) is 5.28. The minimum atomic E-state index is -0.622. The van der Waals surface area contributed by atoms with Crippen LogP contribution in [-0.4, -0.2) is 38.9 Å². The maximum Gasteiger partial charge on any atom is 0.191 e. The molecule has 0 saturated carbocycles. The first-order valence-corrected chi connectivity index (χ1v) is 9.23. The molecule has 1 aliphatic rings. The largest absolute Gasteiger partial charge is 0.386 e. The van der Waals surface area contributed by atoms with E-state index in [1.807, 2.05) is 13.0 Å². The van der Waals surface area contributed by atoms with Gasteiger partial charge in [-0.3, -0.25) is 0 Å². The van der Waals surface area contributed by atoms with Crippen LogP contribution in [0.15, 0.2) is 17.1 Å². The Balaban J connectivity index is 0.00000225. The molecule has 25 heavy (non-hydrogen) atoms. The molecular weight excluding hydrogens is 475 g/mol. The lowest BCUT2D eigenvalue weighted by atomic mass is 10.3. The number of aliphatic hydroxyl groups excluding tert-OH is 1. The Morgan fingerprint density at radius 3 is 3.00 bits per heavy atom. The van der Waals surface area contributed by atoms with E-state index in [-0.39, 0.29) is 24.0 Å². The van der Waals surface area contributed by atoms with E-state index in [0.29, 0.717) is 23.4 Å². The molecule has 138 valence electrons. The van der Waals surface area contributed by atoms with Gasteiger partial charge in [0.05, 0.1) is 4.34 Å². The van der Waals surface area contributed by atoms with Crippen molar-refractivity contribution in [3.63, 3.8) is 0 Å². The summed E-state index contributed by atoms with van der Waals surface area (Å²) in [6, 6.07) is 3.62. The summed E-state index contributed by atoms with van der Waals surface area (Å²) in [6.45, 7) is 4.53. The van der Waals surface area contributed by atoms with E-state index in [4.69, 9.17) is 11.6 Å². The summed E-state index contributed by atoms with van der Waals surface area (Å²) in [5, 5.41) is 24.9. The quantitative estimate of drug-likeness (QED) is 0.325. The predicted octanol–water partition coefficient (Wildman–Crippen LogP) is 2.35. The standard InChI is InChI=1S/C15H21ClN6OS.HI/c1-2-17-15(18-8-10(23)11-5-6-12(16)24-11)19-9-14-21-20-13-4-3-7-22(13)14;/h5-6,10,23H,2-4,7-9H2,1H3,(H2,17,18,19);1H. The van der Waals surface area contributed by atoms with E-state index in [0.717, 1.165) is 42.5 Å². The highest BCUT2D eigenvalue weighted by Crippen LogP contribution is 2.26. The van der Waals surface area contributed by atoms with Crippen molar-refractivity contribution in [1.29, 1.82) is 0 Å². The van der Waals surface area contributed by atoms with Crippen molar-refractivity contribution in [3.05, 3.63) is 33.0 Å². The Bertz CT molecular complexity index is 719. The second-order valence-corrected chi connectivity index (χ2v) is 7.27. The Morgan fingerprint density at radius 1 is 1.44 bits per heavy atom. The number of guanidine groups is 1. The van der Waals surface area contributed by atoms with Crippen LogP contribution in [0.1, 0.15) is 36.0 Å². The zero-order valence-electron chi connectivity index (χ0n) is 13.9. The predicted molar refractivity (Wildman–Crippen MR) is 111 cm³/mol. The molecule has 0 saturated heterocycles. The van der Waals surface area contributed by atoms with E-state index >= 15 is 0 Å². The van der Waals surface area contributed by atoms with Crippen LogP contribution in [0.3, 0.4) is 0 Å². The number of halogens is 2. The van der Waals surface area contributed by atoms with Crippen LogP contribution in [0.25, 0.3) is 0 Å². The molecule has 1 aliphatic heterocycles. The molecule has 3 rings (SSSR count). The van der Waals surface area contributed by atoms with Crippen LogP contribution in [0, 0.1) is 0 Å². The summed E-state index contributed by atoms with van der Waals surface area (Å²) in [5.41, 5.74) is 0. The smallest absolute Gasteiger partial charge is 0.191 e. The van der Waals surface area contributed by atoms with Gasteiger partial charge in [0.2, 0.25) is 0 Å². The summed E-state index contributed by atoms with van der Waals surface area (Å²) in [5.74, 6) is 2.57. The molecule has 7 nitrogen and oxygen atoms in total. The molecule has 0 aliphatic carbocycles. The number of aliphatic imine (C=N–C) groups is 1. The van der Waals surface area contributed by atoms with Gasteiger partial charge in [-0.05, 0) is 25.5 Å². The van der Waals surface area contributed by atoms with Crippen LogP contribution in [0.4, 0.5) is 0 Å². The molecule has 10 heteroatoms. The maximum absolute atomic E-state index is 10.2. The molecule has 1 atom stereocenters. The zero-order chi connectivity index (χ0) is 16.9. The van der Waals surface area contributed by atoms with Crippen molar-refractivity contribution < 1.29 is 5.11 Å². The minimum Gasteiger partial charge on any atom is -0.386 e. The fourth-order valence-corrected chi connectivity index (χ4v) is 3.67. The van der Waals surface area contributed by atoms with E-state index in [1.165, 1.54) is 11.3 Å². The van der Waals surface area contributed by atoms with Crippen molar-refractivity contribution in [2.45, 2.75) is 39.0 Å². The number of hydrogen-bond acceptors (Lipinski definition) is 5. The number of rotatable bonds is 6. The van der Waals surface area contributed by atoms with Gasteiger partial charge in [-0.25, -0.2) is 4.99 Å². The lowest BCUT2D eigenvalue weighted by Gasteiger charge is -2.14. The third-order valence-corrected chi connectivity index (χ3v) is 5.13. The molecule has 3 N–H and O–H groups in total. The van der Waals surface area contributed by atoms with Crippen molar-refractivity contribution in [2.75, 3.05) is 13.1 Å². The molecule has 0 fully saturated rings. The summed E-state index contributed by atoms with van der Waals surface area (Å²) in [6.07, 6.45) is 1.49. The lowest BCUT2D eigenvalue weighted by molar-refractivity contribution is 0.184. The van der Waals surface area contributed by atoms with Crippen LogP contribution < -0.4 is 10.6 Å². The molecule has 0 bridgehead atoms. The van der Waals surface area contributed by atoms with Gasteiger partial charge in [-0.2, -0.15) is 0 Å². The maximum atomic E-state index is 10.2. The number of fused-ring (bicyclic) bond motifs is 1. The normalized spacial score (nSPS) is 14.8. The molecule has 2 aromatic rings. The average Bonchev–Trinajstić information content (AvgIpc) is 3.27. The zero-order valence-corrected chi connectivity index (χ0v) is 17.8. The molecule has 2 aromatic heterocycles. The van der Waals surface area contributed by atoms with Crippen LogP contribution in [0.2, 0.25) is 4.34 Å². The highest BCUT2D eigenvalue weighted by atomic mass is 127. The second kappa shape index (κ2) is 9.70. The van der Waals surface area contributed by atoms with E-state index in [2.05, 4.69) is 30.4 Å². The first-order valence-electron chi connectivity index (χ1n) is 8.03. The average molecular weight is 497 g/mol. The molecule has 1 unspecified atom stereocenters. The summed E-state index contributed by atoms with van der Waals surface area (Å²) >= 11 is 7.29. The Labute approximate surface area is 172 Å². The van der Waals surface area contributed by atoms with Crippen LogP contribution in [0.5, 0.6) is 0 Å². The van der Waals surface area contributed by atoms with Gasteiger partial charge in [0.25, 0.3) is 0 Å². The molecule has 0 aromatic carbocycles. The van der Waals surface area contributed by atoms with E-state index in [9.17, 15) is 5.11 Å². The number of nitrogens with zero attached hydrogens (tertiary/aromatic N) is 4. The SMILES string of the molecule is CCNC(=NCc1nnc2n1CCC2)NCC(O)c1ccc(Cl)s1.I. The van der Waals surface area contributed by atoms with Gasteiger partial charge < -0.3 is 20.3 Å². The topological polar surface area (TPSA) is 87.4 Å². The fourth-order valence-electron chi connectivity index (χ4n) is 2.62. The number of aliphatic hydroxyl groups is 1. The van der Waals surface area contributed by atoms with E-state index in [1.54, 1.807) is 6.07 Å². The van der Waals surface area contributed by atoms with E-state index < -0.39 is 6.10 Å². The number of thiophene rings is 1. The molecular formula is C15H22ClIN6OS. The highest BCUT2D eigenvalue weighted by Gasteiger charge is 2.17. The van der Waals surface area contributed by atoms with Gasteiger partial charge in [-0.1, -0.05) is 11.6 Å². The van der Waals surface area contributed by atoms with Crippen molar-refractivity contribution >= 4 is 52.9 Å².